The van der Waals surface area contributed by atoms with Crippen molar-refractivity contribution in [3.8, 4) is 11.5 Å². The number of methoxy groups -OCH3 is 2. The lowest BCUT2D eigenvalue weighted by molar-refractivity contribution is 0.102. The number of carbonyl (C=O) groups is 1. The third-order valence-electron chi connectivity index (χ3n) is 3.94. The van der Waals surface area contributed by atoms with Gasteiger partial charge < -0.3 is 19.9 Å². The van der Waals surface area contributed by atoms with Crippen molar-refractivity contribution in [3.05, 3.63) is 40.1 Å². The maximum absolute atomic E-state index is 12.3. The van der Waals surface area contributed by atoms with E-state index in [1.54, 1.807) is 32.4 Å². The molecule has 1 aliphatic rings. The predicted octanol–water partition coefficient (Wildman–Crippen LogP) is 3.46. The molecule has 3 rings (SSSR count). The molecular formula is C17H19NO4S. The summed E-state index contributed by atoms with van der Waals surface area (Å²) in [4.78, 5) is 13.0. The van der Waals surface area contributed by atoms with Crippen molar-refractivity contribution in [1.82, 2.24) is 0 Å². The molecule has 0 saturated heterocycles. The smallest absolute Gasteiger partial charge is 0.265 e. The number of hydrogen-bond acceptors (Lipinski definition) is 5. The van der Waals surface area contributed by atoms with Gasteiger partial charge in [0.15, 0.2) is 11.5 Å². The fraction of sp³-hybridized carbons (Fsp3) is 0.353. The Morgan fingerprint density at radius 3 is 2.57 bits per heavy atom. The van der Waals surface area contributed by atoms with Gasteiger partial charge in [0.2, 0.25) is 0 Å². The van der Waals surface area contributed by atoms with E-state index in [0.29, 0.717) is 27.6 Å². The van der Waals surface area contributed by atoms with E-state index in [1.165, 1.54) is 11.3 Å². The van der Waals surface area contributed by atoms with Crippen LogP contribution in [0.4, 0.5) is 5.69 Å². The molecule has 1 aromatic heterocycles. The van der Waals surface area contributed by atoms with Crippen LogP contribution in [0.1, 0.15) is 34.2 Å². The molecule has 0 bridgehead atoms. The van der Waals surface area contributed by atoms with E-state index >= 15 is 0 Å². The van der Waals surface area contributed by atoms with Crippen LogP contribution in [0.15, 0.2) is 29.6 Å². The standard InChI is InChI=1S/C17H19NO4S/c1-21-13-8-11(16(19)10-5-6-10)12(9-14(13)22-2)18-17(20)15-4-3-7-23-15/h3-4,7-10,16,19H,5-6H2,1-2H3,(H,18,20)/t16-/m0/s1. The number of carbonyl (C=O) groups excluding carboxylic acids is 1. The summed E-state index contributed by atoms with van der Waals surface area (Å²) >= 11 is 1.37. The molecule has 0 radical (unpaired) electrons. The second-order valence-corrected chi connectivity index (χ2v) is 6.46. The minimum atomic E-state index is -0.617. The number of aliphatic hydroxyl groups is 1. The number of anilines is 1. The van der Waals surface area contributed by atoms with E-state index in [2.05, 4.69) is 5.32 Å². The fourth-order valence-corrected chi connectivity index (χ4v) is 3.12. The Kier molecular flexibility index (Phi) is 4.54. The van der Waals surface area contributed by atoms with Crippen molar-refractivity contribution < 1.29 is 19.4 Å². The summed E-state index contributed by atoms with van der Waals surface area (Å²) in [6, 6.07) is 7.03. The van der Waals surface area contributed by atoms with E-state index in [9.17, 15) is 9.90 Å². The SMILES string of the molecule is COc1cc(NC(=O)c2cccs2)c([C@@H](O)C2CC2)cc1OC. The number of benzene rings is 1. The second kappa shape index (κ2) is 6.60. The summed E-state index contributed by atoms with van der Waals surface area (Å²) < 4.78 is 10.6. The largest absolute Gasteiger partial charge is 0.493 e. The van der Waals surface area contributed by atoms with Gasteiger partial charge in [-0.25, -0.2) is 0 Å². The maximum Gasteiger partial charge on any atom is 0.265 e. The number of nitrogens with one attached hydrogen (secondary N) is 1. The van der Waals surface area contributed by atoms with Crippen LogP contribution in [0, 0.1) is 5.92 Å². The van der Waals surface area contributed by atoms with E-state index in [0.717, 1.165) is 12.8 Å². The minimum absolute atomic E-state index is 0.198. The third-order valence-corrected chi connectivity index (χ3v) is 4.80. The normalized spacial score (nSPS) is 15.1. The van der Waals surface area contributed by atoms with E-state index in [1.807, 2.05) is 11.4 Å². The van der Waals surface area contributed by atoms with Gasteiger partial charge in [-0.1, -0.05) is 6.07 Å². The molecule has 122 valence electrons. The van der Waals surface area contributed by atoms with Crippen molar-refractivity contribution in [1.29, 1.82) is 0 Å². The zero-order chi connectivity index (χ0) is 16.4. The summed E-state index contributed by atoms with van der Waals surface area (Å²) in [5.41, 5.74) is 1.22. The van der Waals surface area contributed by atoms with Crippen molar-refractivity contribution in [2.45, 2.75) is 18.9 Å². The molecule has 1 heterocycles. The van der Waals surface area contributed by atoms with Crippen LogP contribution in [0.3, 0.4) is 0 Å². The number of thiophene rings is 1. The number of aliphatic hydroxyl groups excluding tert-OH is 1. The third kappa shape index (κ3) is 3.33. The van der Waals surface area contributed by atoms with Gasteiger partial charge in [-0.15, -0.1) is 11.3 Å². The van der Waals surface area contributed by atoms with Crippen molar-refractivity contribution in [2.24, 2.45) is 5.92 Å². The molecular weight excluding hydrogens is 314 g/mol. The second-order valence-electron chi connectivity index (χ2n) is 5.51. The van der Waals surface area contributed by atoms with Crippen LogP contribution in [0.2, 0.25) is 0 Å². The lowest BCUT2D eigenvalue weighted by Gasteiger charge is -2.19. The average Bonchev–Trinajstić information content (AvgIpc) is 3.27. The van der Waals surface area contributed by atoms with Crippen LogP contribution >= 0.6 is 11.3 Å². The first-order valence-electron chi connectivity index (χ1n) is 7.43. The maximum atomic E-state index is 12.3. The Labute approximate surface area is 138 Å². The number of hydrogen-bond donors (Lipinski definition) is 2. The number of ether oxygens (including phenoxy) is 2. The highest BCUT2D eigenvalue weighted by molar-refractivity contribution is 7.12. The topological polar surface area (TPSA) is 67.8 Å². The summed E-state index contributed by atoms with van der Waals surface area (Å²) in [7, 11) is 3.09. The highest BCUT2D eigenvalue weighted by atomic mass is 32.1. The molecule has 1 saturated carbocycles. The molecule has 2 N–H and O–H groups in total. The Hall–Kier alpha value is -2.05. The highest BCUT2D eigenvalue weighted by Gasteiger charge is 2.33. The molecule has 23 heavy (non-hydrogen) atoms. The van der Waals surface area contributed by atoms with Gasteiger partial charge >= 0.3 is 0 Å². The molecule has 0 aliphatic heterocycles. The van der Waals surface area contributed by atoms with Crippen molar-refractivity contribution in [2.75, 3.05) is 19.5 Å². The van der Waals surface area contributed by atoms with E-state index in [-0.39, 0.29) is 11.8 Å². The molecule has 2 aromatic rings. The highest BCUT2D eigenvalue weighted by Crippen LogP contribution is 2.45. The van der Waals surface area contributed by atoms with Crippen LogP contribution < -0.4 is 14.8 Å². The van der Waals surface area contributed by atoms with Crippen LogP contribution in [-0.2, 0) is 0 Å². The zero-order valence-electron chi connectivity index (χ0n) is 13.0. The van der Waals surface area contributed by atoms with Gasteiger partial charge in [0.25, 0.3) is 5.91 Å². The van der Waals surface area contributed by atoms with Gasteiger partial charge in [-0.05, 0) is 36.3 Å². The molecule has 1 fully saturated rings. The molecule has 1 atom stereocenters. The number of amides is 1. The predicted molar refractivity (Wildman–Crippen MR) is 89.5 cm³/mol. The first-order valence-corrected chi connectivity index (χ1v) is 8.31. The summed E-state index contributed by atoms with van der Waals surface area (Å²) in [5.74, 6) is 1.10. The van der Waals surface area contributed by atoms with Gasteiger partial charge in [0.05, 0.1) is 30.9 Å². The molecule has 1 aliphatic carbocycles. The van der Waals surface area contributed by atoms with Gasteiger partial charge in [0, 0.05) is 11.6 Å². The quantitative estimate of drug-likeness (QED) is 0.849. The average molecular weight is 333 g/mol. The lowest BCUT2D eigenvalue weighted by atomic mass is 10.0. The molecule has 0 unspecified atom stereocenters. The van der Waals surface area contributed by atoms with E-state index < -0.39 is 6.10 Å². The van der Waals surface area contributed by atoms with Crippen LogP contribution in [0.25, 0.3) is 0 Å². The summed E-state index contributed by atoms with van der Waals surface area (Å²) in [6.07, 6.45) is 1.37. The Balaban J connectivity index is 1.96. The van der Waals surface area contributed by atoms with Crippen molar-refractivity contribution in [3.63, 3.8) is 0 Å². The Bertz CT molecular complexity index is 695. The van der Waals surface area contributed by atoms with Crippen molar-refractivity contribution >= 4 is 22.9 Å². The molecule has 6 heteroatoms. The molecule has 1 aromatic carbocycles. The molecule has 1 amide bonds. The van der Waals surface area contributed by atoms with Crippen LogP contribution in [0.5, 0.6) is 11.5 Å². The monoisotopic (exact) mass is 333 g/mol. The van der Waals surface area contributed by atoms with Gasteiger partial charge in [-0.3, -0.25) is 4.79 Å². The molecule has 0 spiro atoms. The minimum Gasteiger partial charge on any atom is -0.493 e. The zero-order valence-corrected chi connectivity index (χ0v) is 13.9. The van der Waals surface area contributed by atoms with Gasteiger partial charge in [0.1, 0.15) is 0 Å². The Morgan fingerprint density at radius 2 is 2.00 bits per heavy atom. The molecule has 5 nitrogen and oxygen atoms in total. The summed E-state index contributed by atoms with van der Waals surface area (Å²) in [6.45, 7) is 0. The van der Waals surface area contributed by atoms with Crippen LogP contribution in [-0.4, -0.2) is 25.2 Å². The fourth-order valence-electron chi connectivity index (χ4n) is 2.51. The lowest BCUT2D eigenvalue weighted by Crippen LogP contribution is -2.14. The van der Waals surface area contributed by atoms with E-state index in [4.69, 9.17) is 9.47 Å². The Morgan fingerprint density at radius 1 is 1.30 bits per heavy atom. The number of rotatable bonds is 6. The summed E-state index contributed by atoms with van der Waals surface area (Å²) in [5, 5.41) is 15.3. The first kappa shape index (κ1) is 15.8. The van der Waals surface area contributed by atoms with Gasteiger partial charge in [-0.2, -0.15) is 0 Å². The first-order chi connectivity index (χ1) is 11.1.